The van der Waals surface area contributed by atoms with Crippen molar-refractivity contribution in [2.24, 2.45) is 5.92 Å². The first-order valence-electron chi connectivity index (χ1n) is 12.5. The lowest BCUT2D eigenvalue weighted by atomic mass is 9.85. The number of rotatable bonds is 5. The van der Waals surface area contributed by atoms with Crippen LogP contribution in [0, 0.1) is 24.5 Å². The average molecular weight is 498 g/mol. The van der Waals surface area contributed by atoms with Crippen LogP contribution < -0.4 is 9.64 Å². The van der Waals surface area contributed by atoms with Gasteiger partial charge in [0.2, 0.25) is 0 Å². The second kappa shape index (κ2) is 9.69. The van der Waals surface area contributed by atoms with Gasteiger partial charge in [-0.25, -0.2) is 13.8 Å². The van der Waals surface area contributed by atoms with E-state index < -0.39 is 5.82 Å². The molecule has 5 rings (SSSR count). The molecule has 2 aliphatic rings. The lowest BCUT2D eigenvalue weighted by Crippen LogP contribution is -2.49. The number of anilines is 1. The summed E-state index contributed by atoms with van der Waals surface area (Å²) in [7, 11) is 3.61. The number of likely N-dealkylation sites (tertiary alicyclic amines) is 1. The summed E-state index contributed by atoms with van der Waals surface area (Å²) in [6.07, 6.45) is 2.22. The second-order valence-corrected chi connectivity index (χ2v) is 10.0. The monoisotopic (exact) mass is 497 g/mol. The van der Waals surface area contributed by atoms with Crippen LogP contribution in [0.5, 0.6) is 5.75 Å². The van der Waals surface area contributed by atoms with Crippen molar-refractivity contribution in [3.63, 3.8) is 0 Å². The Kier molecular flexibility index (Phi) is 6.59. The van der Waals surface area contributed by atoms with Crippen LogP contribution in [0.1, 0.15) is 40.9 Å². The number of piperazine rings is 1. The van der Waals surface area contributed by atoms with E-state index in [1.165, 1.54) is 19.4 Å². The first-order valence-corrected chi connectivity index (χ1v) is 12.5. The van der Waals surface area contributed by atoms with Gasteiger partial charge in [0.1, 0.15) is 17.3 Å². The summed E-state index contributed by atoms with van der Waals surface area (Å²) in [4.78, 5) is 26.8. The van der Waals surface area contributed by atoms with E-state index >= 15 is 4.39 Å². The van der Waals surface area contributed by atoms with Gasteiger partial charge in [0.15, 0.2) is 11.6 Å². The van der Waals surface area contributed by atoms with Gasteiger partial charge in [0.25, 0.3) is 5.91 Å². The number of carbonyl (C=O) groups is 1. The molecular formula is C27H33F2N5O2. The van der Waals surface area contributed by atoms with Crippen LogP contribution >= 0.6 is 0 Å². The zero-order chi connectivity index (χ0) is 25.6. The number of aromatic amines is 1. The first-order chi connectivity index (χ1) is 17.3. The Labute approximate surface area is 210 Å². The fourth-order valence-electron chi connectivity index (χ4n) is 5.79. The van der Waals surface area contributed by atoms with Crippen LogP contribution in [0.4, 0.5) is 14.6 Å². The quantitative estimate of drug-likeness (QED) is 0.573. The van der Waals surface area contributed by atoms with Gasteiger partial charge in [-0.3, -0.25) is 4.79 Å². The highest BCUT2D eigenvalue weighted by Crippen LogP contribution is 2.39. The lowest BCUT2D eigenvalue weighted by molar-refractivity contribution is 0.0741. The van der Waals surface area contributed by atoms with Crippen molar-refractivity contribution < 1.29 is 18.3 Å². The van der Waals surface area contributed by atoms with Crippen LogP contribution in [-0.4, -0.2) is 79.1 Å². The third-order valence-corrected chi connectivity index (χ3v) is 7.73. The van der Waals surface area contributed by atoms with E-state index in [0.29, 0.717) is 66.4 Å². The van der Waals surface area contributed by atoms with Crippen LogP contribution in [0.3, 0.4) is 0 Å². The largest absolute Gasteiger partial charge is 0.493 e. The summed E-state index contributed by atoms with van der Waals surface area (Å²) < 4.78 is 34.0. The van der Waals surface area contributed by atoms with Gasteiger partial charge in [-0.1, -0.05) is 19.4 Å². The minimum atomic E-state index is -0.459. The molecule has 0 radical (unpaired) electrons. The number of ether oxygens (including phenoxy) is 1. The number of nitrogens with one attached hydrogen (secondary N) is 1. The van der Waals surface area contributed by atoms with Crippen LogP contribution in [0.2, 0.25) is 0 Å². The van der Waals surface area contributed by atoms with E-state index in [9.17, 15) is 9.18 Å². The zero-order valence-electron chi connectivity index (χ0n) is 21.3. The highest BCUT2D eigenvalue weighted by molar-refractivity contribution is 5.99. The number of aromatic nitrogens is 2. The standard InChI is InChI=1S/C27H33F2N5O2/c1-5-17-14-32(3)15-21(17)19-10-16(2)24(29)25-20(19)12-22(31-25)27(35)34-8-6-33(7-9-34)26-23(36-4)11-18(28)13-30-26/h10-13,17,21,31H,5-9,14-15H2,1-4H3/t17-,21?/m1/s1. The molecule has 2 saturated heterocycles. The number of nitrogens with zero attached hydrogens (tertiary/aromatic N) is 4. The van der Waals surface area contributed by atoms with E-state index in [-0.39, 0.29) is 11.7 Å². The molecule has 4 heterocycles. The molecule has 2 aliphatic heterocycles. The number of likely N-dealkylation sites (N-methyl/N-ethyl adjacent to an activating group) is 1. The van der Waals surface area contributed by atoms with Crippen molar-refractivity contribution in [2.75, 3.05) is 58.3 Å². The molecule has 0 saturated carbocycles. The molecule has 3 aromatic rings. The number of carbonyl (C=O) groups excluding carboxylic acids is 1. The predicted octanol–water partition coefficient (Wildman–Crippen LogP) is 4.18. The molecule has 36 heavy (non-hydrogen) atoms. The van der Waals surface area contributed by atoms with Crippen LogP contribution in [0.15, 0.2) is 24.4 Å². The molecule has 192 valence electrons. The molecule has 9 heteroatoms. The van der Waals surface area contributed by atoms with Crippen molar-refractivity contribution in [2.45, 2.75) is 26.2 Å². The van der Waals surface area contributed by atoms with E-state index in [4.69, 9.17) is 4.74 Å². The Hall–Kier alpha value is -3.20. The highest BCUT2D eigenvalue weighted by atomic mass is 19.1. The van der Waals surface area contributed by atoms with E-state index in [0.717, 1.165) is 30.5 Å². The smallest absolute Gasteiger partial charge is 0.270 e. The second-order valence-electron chi connectivity index (χ2n) is 10.0. The fraction of sp³-hybridized carbons (Fsp3) is 0.481. The summed E-state index contributed by atoms with van der Waals surface area (Å²) >= 11 is 0. The van der Waals surface area contributed by atoms with Crippen molar-refractivity contribution in [1.29, 1.82) is 0 Å². The van der Waals surface area contributed by atoms with Gasteiger partial charge in [0, 0.05) is 56.6 Å². The summed E-state index contributed by atoms with van der Waals surface area (Å²) in [5.74, 6) is 0.830. The van der Waals surface area contributed by atoms with Crippen molar-refractivity contribution in [3.8, 4) is 5.75 Å². The number of benzene rings is 1. The molecule has 0 bridgehead atoms. The number of amides is 1. The highest BCUT2D eigenvalue weighted by Gasteiger charge is 2.33. The third-order valence-electron chi connectivity index (χ3n) is 7.73. The maximum absolute atomic E-state index is 15.2. The lowest BCUT2D eigenvalue weighted by Gasteiger charge is -2.35. The topological polar surface area (TPSA) is 64.7 Å². The molecule has 2 fully saturated rings. The van der Waals surface area contributed by atoms with Gasteiger partial charge in [0.05, 0.1) is 18.8 Å². The minimum Gasteiger partial charge on any atom is -0.493 e. The van der Waals surface area contributed by atoms with Crippen LogP contribution in [-0.2, 0) is 0 Å². The predicted molar refractivity (Wildman–Crippen MR) is 136 cm³/mol. The number of H-pyrrole nitrogens is 1. The van der Waals surface area contributed by atoms with Gasteiger partial charge in [-0.05, 0) is 37.1 Å². The maximum atomic E-state index is 15.2. The maximum Gasteiger partial charge on any atom is 0.270 e. The molecule has 0 aliphatic carbocycles. The summed E-state index contributed by atoms with van der Waals surface area (Å²) in [6.45, 7) is 7.94. The van der Waals surface area contributed by atoms with Gasteiger partial charge >= 0.3 is 0 Å². The SMILES string of the molecule is CC[C@@H]1CN(C)CC1c1cc(C)c(F)c2[nH]c(C(=O)N3CCN(c4ncc(F)cc4OC)CC3)cc12. The number of fused-ring (bicyclic) bond motifs is 1. The molecule has 1 unspecified atom stereocenters. The summed E-state index contributed by atoms with van der Waals surface area (Å²) in [6, 6.07) is 5.11. The number of pyridine rings is 1. The van der Waals surface area contributed by atoms with Crippen molar-refractivity contribution in [1.82, 2.24) is 19.8 Å². The Morgan fingerprint density at radius 3 is 2.61 bits per heavy atom. The summed E-state index contributed by atoms with van der Waals surface area (Å²) in [5.41, 5.74) is 2.53. The molecule has 7 nitrogen and oxygen atoms in total. The number of aryl methyl sites for hydroxylation is 1. The Morgan fingerprint density at radius 2 is 1.92 bits per heavy atom. The normalized spacial score (nSPS) is 20.9. The first kappa shape index (κ1) is 24.5. The van der Waals surface area contributed by atoms with E-state index in [1.54, 1.807) is 11.8 Å². The van der Waals surface area contributed by atoms with Crippen molar-refractivity contribution in [3.05, 3.63) is 52.9 Å². The molecular weight excluding hydrogens is 464 g/mol. The molecule has 1 N–H and O–H groups in total. The van der Waals surface area contributed by atoms with Crippen LogP contribution in [0.25, 0.3) is 10.9 Å². The Bertz CT molecular complexity index is 1280. The number of halogens is 2. The molecule has 2 atom stereocenters. The minimum absolute atomic E-state index is 0.150. The van der Waals surface area contributed by atoms with Gasteiger partial charge in [-0.15, -0.1) is 0 Å². The van der Waals surface area contributed by atoms with E-state index in [1.807, 2.05) is 17.0 Å². The molecule has 1 amide bonds. The molecule has 1 aromatic carbocycles. The number of hydrogen-bond acceptors (Lipinski definition) is 5. The average Bonchev–Trinajstić information content (AvgIpc) is 3.50. The molecule has 0 spiro atoms. The van der Waals surface area contributed by atoms with E-state index in [2.05, 4.69) is 28.8 Å². The van der Waals surface area contributed by atoms with Gasteiger partial charge < -0.3 is 24.4 Å². The fourth-order valence-corrected chi connectivity index (χ4v) is 5.79. The number of hydrogen-bond donors (Lipinski definition) is 1. The van der Waals surface area contributed by atoms with Crippen molar-refractivity contribution >= 4 is 22.6 Å². The third kappa shape index (κ3) is 4.30. The summed E-state index contributed by atoms with van der Waals surface area (Å²) in [5, 5.41) is 0.805. The zero-order valence-corrected chi connectivity index (χ0v) is 21.3. The Morgan fingerprint density at radius 1 is 1.17 bits per heavy atom. The number of methoxy groups -OCH3 is 1. The van der Waals surface area contributed by atoms with Gasteiger partial charge in [-0.2, -0.15) is 0 Å². The Balaban J connectivity index is 1.39. The molecule has 2 aromatic heterocycles.